The molecule has 336 valence electrons. The van der Waals surface area contributed by atoms with Crippen LogP contribution in [0.5, 0.6) is 11.5 Å². The first kappa shape index (κ1) is 48.6. The van der Waals surface area contributed by atoms with Crippen LogP contribution >= 0.6 is 0 Å². The second-order valence-corrected chi connectivity index (χ2v) is 16.9. The van der Waals surface area contributed by atoms with Gasteiger partial charge < -0.3 is 28.4 Å². The summed E-state index contributed by atoms with van der Waals surface area (Å²) in [6.45, 7) is 22.2. The minimum Gasteiger partial charge on any atom is -0.494 e. The lowest BCUT2D eigenvalue weighted by Crippen LogP contribution is -2.41. The molecule has 0 aliphatic rings. The molecule has 0 bridgehead atoms. The van der Waals surface area contributed by atoms with Gasteiger partial charge in [-0.1, -0.05) is 38.1 Å². The van der Waals surface area contributed by atoms with E-state index in [-0.39, 0.29) is 28.0 Å². The molecule has 0 aliphatic heterocycles. The average molecular weight is 870 g/mol. The Hall–Kier alpha value is -7.04. The zero-order valence-electron chi connectivity index (χ0n) is 38.4. The van der Waals surface area contributed by atoms with Crippen LogP contribution in [0.15, 0.2) is 75.7 Å². The number of rotatable bonds is 6. The highest BCUT2D eigenvalue weighted by Gasteiger charge is 2.36. The number of amides is 2. The van der Waals surface area contributed by atoms with Crippen LogP contribution in [0.25, 0.3) is 21.8 Å². The quantitative estimate of drug-likeness (QED) is 0.0678. The SMILES string of the molecule is CC.COC(=O)n1c(=O)n(C(=O)OC(C)(C)C)c2ccc(N(C(=O)OC(C)(C)C)C(=O)c3cc4ccccc4c(N=Nc4cc(C)c(C)cc4OC)c3OC(=O)OC(C)(C)C)cc21. The maximum Gasteiger partial charge on any atom is 0.514 e. The molecule has 4 aromatic carbocycles. The van der Waals surface area contributed by atoms with E-state index in [1.54, 1.807) is 98.7 Å². The maximum atomic E-state index is 15.2. The van der Waals surface area contributed by atoms with Gasteiger partial charge in [0.15, 0.2) is 5.75 Å². The summed E-state index contributed by atoms with van der Waals surface area (Å²) in [4.78, 5) is 83.7. The summed E-state index contributed by atoms with van der Waals surface area (Å²) in [5, 5.41) is 9.85. The molecule has 0 fully saturated rings. The van der Waals surface area contributed by atoms with Crippen molar-refractivity contribution in [3.63, 3.8) is 0 Å². The molecule has 0 spiro atoms. The van der Waals surface area contributed by atoms with E-state index in [9.17, 15) is 24.0 Å². The first-order chi connectivity index (χ1) is 29.3. The number of ether oxygens (including phenoxy) is 6. The van der Waals surface area contributed by atoms with Gasteiger partial charge in [0.05, 0.1) is 36.5 Å². The average Bonchev–Trinajstić information content (AvgIpc) is 3.47. The van der Waals surface area contributed by atoms with Crippen LogP contribution in [0.2, 0.25) is 0 Å². The highest BCUT2D eigenvalue weighted by Crippen LogP contribution is 2.43. The summed E-state index contributed by atoms with van der Waals surface area (Å²) in [6.07, 6.45) is -4.68. The van der Waals surface area contributed by atoms with E-state index in [1.807, 2.05) is 27.7 Å². The summed E-state index contributed by atoms with van der Waals surface area (Å²) < 4.78 is 34.1. The van der Waals surface area contributed by atoms with Gasteiger partial charge in [-0.2, -0.15) is 9.13 Å². The van der Waals surface area contributed by atoms with Crippen LogP contribution in [-0.2, 0) is 18.9 Å². The van der Waals surface area contributed by atoms with Crippen molar-refractivity contribution in [2.75, 3.05) is 19.1 Å². The number of hydrogen-bond donors (Lipinski definition) is 0. The molecule has 0 aliphatic carbocycles. The van der Waals surface area contributed by atoms with Crippen LogP contribution < -0.4 is 20.1 Å². The number of carbonyl (C=O) groups is 5. The normalized spacial score (nSPS) is 11.7. The number of hydrogen-bond acceptors (Lipinski definition) is 14. The number of imide groups is 1. The van der Waals surface area contributed by atoms with Crippen molar-refractivity contribution < 1.29 is 52.4 Å². The van der Waals surface area contributed by atoms with Crippen molar-refractivity contribution in [2.24, 2.45) is 10.2 Å². The number of fused-ring (bicyclic) bond motifs is 2. The van der Waals surface area contributed by atoms with E-state index < -0.39 is 58.6 Å². The molecule has 5 rings (SSSR count). The Morgan fingerprint density at radius 1 is 0.667 bits per heavy atom. The number of carbonyl (C=O) groups excluding carboxylic acids is 5. The second kappa shape index (κ2) is 18.9. The standard InChI is InChI=1S/C44H49N5O12.C2H6/c1-24-20-30(33(56-12)21-25(24)2)45-46-34-28-17-15-14-16-26(28)22-29(35(34)58-41(55)61-44(9,10)11)36(50)47(39(53)59-42(3,4)5)27-18-19-31-32(23-27)49(38(52)57-13)37(51)48(31)40(54)60-43(6,7)8;1-2/h14-23H,1-13H3;1-2H3. The van der Waals surface area contributed by atoms with Crippen LogP contribution in [0.1, 0.15) is 97.6 Å². The van der Waals surface area contributed by atoms with Crippen molar-refractivity contribution >= 4 is 69.2 Å². The van der Waals surface area contributed by atoms with E-state index >= 15 is 4.79 Å². The van der Waals surface area contributed by atoms with Crippen molar-refractivity contribution in [3.05, 3.63) is 87.8 Å². The van der Waals surface area contributed by atoms with Gasteiger partial charge in [0.1, 0.15) is 33.9 Å². The van der Waals surface area contributed by atoms with Gasteiger partial charge in [-0.15, -0.1) is 10.2 Å². The largest absolute Gasteiger partial charge is 0.514 e. The van der Waals surface area contributed by atoms with Gasteiger partial charge in [0.25, 0.3) is 5.91 Å². The molecular formula is C46H55N5O12. The molecular weight excluding hydrogens is 815 g/mol. The highest BCUT2D eigenvalue weighted by atomic mass is 16.7. The number of imidazole rings is 1. The lowest BCUT2D eigenvalue weighted by Gasteiger charge is -2.27. The van der Waals surface area contributed by atoms with E-state index in [0.29, 0.717) is 36.2 Å². The maximum absolute atomic E-state index is 15.2. The van der Waals surface area contributed by atoms with Gasteiger partial charge in [-0.3, -0.25) is 4.79 Å². The molecule has 63 heavy (non-hydrogen) atoms. The fraction of sp³-hybridized carbons (Fsp3) is 0.391. The van der Waals surface area contributed by atoms with Crippen molar-refractivity contribution in [2.45, 2.75) is 107 Å². The minimum absolute atomic E-state index is 0.0823. The second-order valence-electron chi connectivity index (χ2n) is 16.9. The fourth-order valence-corrected chi connectivity index (χ4v) is 5.96. The minimum atomic E-state index is -1.20. The Labute approximate surface area is 365 Å². The third kappa shape index (κ3) is 11.3. The Bertz CT molecular complexity index is 2670. The van der Waals surface area contributed by atoms with E-state index in [2.05, 4.69) is 10.2 Å². The number of nitrogens with zero attached hydrogens (tertiary/aromatic N) is 5. The Morgan fingerprint density at radius 3 is 1.84 bits per heavy atom. The van der Waals surface area contributed by atoms with Crippen LogP contribution in [0, 0.1) is 13.8 Å². The summed E-state index contributed by atoms with van der Waals surface area (Å²) >= 11 is 0. The number of aryl methyl sites for hydroxylation is 2. The number of benzene rings is 4. The predicted octanol–water partition coefficient (Wildman–Crippen LogP) is 11.3. The van der Waals surface area contributed by atoms with Gasteiger partial charge in [-0.05, 0) is 129 Å². The first-order valence-corrected chi connectivity index (χ1v) is 20.0. The molecule has 2 amide bonds. The number of azo groups is 1. The predicted molar refractivity (Wildman–Crippen MR) is 237 cm³/mol. The molecule has 0 atom stereocenters. The van der Waals surface area contributed by atoms with E-state index in [4.69, 9.17) is 28.4 Å². The van der Waals surface area contributed by atoms with Gasteiger partial charge in [0.2, 0.25) is 0 Å². The summed E-state index contributed by atoms with van der Waals surface area (Å²) in [6, 6.07) is 15.4. The highest BCUT2D eigenvalue weighted by molar-refractivity contribution is 6.23. The van der Waals surface area contributed by atoms with Gasteiger partial charge in [-0.25, -0.2) is 28.9 Å². The number of aromatic nitrogens is 2. The van der Waals surface area contributed by atoms with Gasteiger partial charge in [0, 0.05) is 5.39 Å². The molecule has 0 N–H and O–H groups in total. The number of anilines is 1. The lowest BCUT2D eigenvalue weighted by molar-refractivity contribution is 0.0206. The van der Waals surface area contributed by atoms with Crippen molar-refractivity contribution in [1.82, 2.24) is 9.13 Å². The molecule has 0 saturated carbocycles. The Morgan fingerprint density at radius 2 is 1.25 bits per heavy atom. The molecule has 1 aromatic heterocycles. The Balaban J connectivity index is 0.00000429. The van der Waals surface area contributed by atoms with Crippen LogP contribution in [-0.4, -0.2) is 70.5 Å². The van der Waals surface area contributed by atoms with Crippen molar-refractivity contribution in [3.8, 4) is 11.5 Å². The molecule has 17 heteroatoms. The summed E-state index contributed by atoms with van der Waals surface area (Å²) in [5.74, 6) is -1.13. The molecule has 5 aromatic rings. The van der Waals surface area contributed by atoms with Gasteiger partial charge >= 0.3 is 30.1 Å². The number of methoxy groups -OCH3 is 2. The zero-order chi connectivity index (χ0) is 47.4. The molecule has 0 saturated heterocycles. The van der Waals surface area contributed by atoms with Crippen LogP contribution in [0.3, 0.4) is 0 Å². The van der Waals surface area contributed by atoms with Crippen LogP contribution in [0.4, 0.5) is 36.2 Å². The summed E-state index contributed by atoms with van der Waals surface area (Å²) in [7, 11) is 2.51. The zero-order valence-corrected chi connectivity index (χ0v) is 38.4. The van der Waals surface area contributed by atoms with Crippen molar-refractivity contribution in [1.29, 1.82) is 0 Å². The van der Waals surface area contributed by atoms with E-state index in [1.165, 1.54) is 25.3 Å². The molecule has 0 radical (unpaired) electrons. The third-order valence-corrected chi connectivity index (χ3v) is 8.63. The van der Waals surface area contributed by atoms with E-state index in [0.717, 1.165) is 24.3 Å². The molecule has 1 heterocycles. The summed E-state index contributed by atoms with van der Waals surface area (Å²) in [5.41, 5.74) is -3.23. The topological polar surface area (TPSA) is 196 Å². The smallest absolute Gasteiger partial charge is 0.494 e. The molecule has 17 nitrogen and oxygen atoms in total. The monoisotopic (exact) mass is 869 g/mol. The third-order valence-electron chi connectivity index (χ3n) is 8.63. The fourth-order valence-electron chi connectivity index (χ4n) is 5.96. The first-order valence-electron chi connectivity index (χ1n) is 20.0. The lowest BCUT2D eigenvalue weighted by atomic mass is 10.0. The Kier molecular flexibility index (Phi) is 14.6. The molecule has 0 unspecified atom stereocenters.